The molecule has 0 radical (unpaired) electrons. The normalized spacial score (nSPS) is 28.5. The highest BCUT2D eigenvalue weighted by Crippen LogP contribution is 2.34. The maximum Gasteiger partial charge on any atom is 0.150 e. The van der Waals surface area contributed by atoms with Crippen LogP contribution >= 0.6 is 0 Å². The topological polar surface area (TPSA) is 46.2 Å². The molecule has 0 aromatic carbocycles. The van der Waals surface area contributed by atoms with Gasteiger partial charge in [-0.3, -0.25) is 0 Å². The molecule has 114 valence electrons. The second-order valence-corrected chi connectivity index (χ2v) is 8.37. The Balaban J connectivity index is 2.51. The van der Waals surface area contributed by atoms with Crippen LogP contribution in [0.2, 0.25) is 0 Å². The number of sulfone groups is 1. The summed E-state index contributed by atoms with van der Waals surface area (Å²) in [6.45, 7) is 4.18. The first-order chi connectivity index (χ1) is 9.02. The van der Waals surface area contributed by atoms with E-state index in [1.807, 2.05) is 14.0 Å². The van der Waals surface area contributed by atoms with Gasteiger partial charge in [0.1, 0.15) is 9.84 Å². The average molecular weight is 289 g/mol. The number of nitrogens with one attached hydrogen (secondary N) is 1. The lowest BCUT2D eigenvalue weighted by atomic mass is 9.75. The highest BCUT2D eigenvalue weighted by Gasteiger charge is 2.29. The number of hydrogen-bond acceptors (Lipinski definition) is 3. The molecule has 4 heteroatoms. The highest BCUT2D eigenvalue weighted by molar-refractivity contribution is 7.91. The Kier molecular flexibility index (Phi) is 7.37. The van der Waals surface area contributed by atoms with Crippen molar-refractivity contribution in [2.24, 2.45) is 11.8 Å². The van der Waals surface area contributed by atoms with Gasteiger partial charge in [0, 0.05) is 11.8 Å². The van der Waals surface area contributed by atoms with Crippen molar-refractivity contribution in [1.82, 2.24) is 5.32 Å². The van der Waals surface area contributed by atoms with Crippen LogP contribution in [-0.2, 0) is 9.84 Å². The fourth-order valence-electron chi connectivity index (χ4n) is 3.47. The molecule has 1 N–H and O–H groups in total. The smallest absolute Gasteiger partial charge is 0.150 e. The molecule has 1 saturated carbocycles. The lowest BCUT2D eigenvalue weighted by Crippen LogP contribution is -2.39. The molecule has 0 aliphatic heterocycles. The molecule has 0 saturated heterocycles. The van der Waals surface area contributed by atoms with E-state index in [9.17, 15) is 8.42 Å². The Morgan fingerprint density at radius 2 is 1.79 bits per heavy atom. The summed E-state index contributed by atoms with van der Waals surface area (Å²) in [4.78, 5) is 0. The molecule has 0 aromatic rings. The van der Waals surface area contributed by atoms with E-state index in [4.69, 9.17) is 0 Å². The molecular formula is C15H31NO2S. The van der Waals surface area contributed by atoms with Crippen molar-refractivity contribution < 1.29 is 8.42 Å². The van der Waals surface area contributed by atoms with Gasteiger partial charge >= 0.3 is 0 Å². The van der Waals surface area contributed by atoms with Gasteiger partial charge in [-0.05, 0) is 51.0 Å². The molecule has 1 fully saturated rings. The van der Waals surface area contributed by atoms with Crippen LogP contribution in [0, 0.1) is 11.8 Å². The lowest BCUT2D eigenvalue weighted by molar-refractivity contribution is 0.197. The maximum atomic E-state index is 11.9. The van der Waals surface area contributed by atoms with Crippen LogP contribution in [0.15, 0.2) is 0 Å². The highest BCUT2D eigenvalue weighted by atomic mass is 32.2. The first-order valence-corrected chi connectivity index (χ1v) is 9.72. The summed E-state index contributed by atoms with van der Waals surface area (Å²) in [5.41, 5.74) is 0. The molecule has 1 aliphatic rings. The van der Waals surface area contributed by atoms with E-state index in [1.165, 1.54) is 32.1 Å². The van der Waals surface area contributed by atoms with Crippen molar-refractivity contribution in [3.63, 3.8) is 0 Å². The zero-order valence-corrected chi connectivity index (χ0v) is 13.6. The van der Waals surface area contributed by atoms with E-state index < -0.39 is 9.84 Å². The Morgan fingerprint density at radius 3 is 2.37 bits per heavy atom. The van der Waals surface area contributed by atoms with E-state index in [0.717, 1.165) is 18.8 Å². The quantitative estimate of drug-likeness (QED) is 0.747. The van der Waals surface area contributed by atoms with E-state index in [-0.39, 0.29) is 0 Å². The molecular weight excluding hydrogens is 258 g/mol. The van der Waals surface area contributed by atoms with E-state index in [2.05, 4.69) is 12.2 Å². The maximum absolute atomic E-state index is 11.9. The second-order valence-electron chi connectivity index (χ2n) is 6.06. The van der Waals surface area contributed by atoms with Gasteiger partial charge in [0.2, 0.25) is 0 Å². The Hall–Kier alpha value is -0.0900. The fraction of sp³-hybridized carbons (Fsp3) is 1.00. The van der Waals surface area contributed by atoms with Crippen molar-refractivity contribution in [2.75, 3.05) is 18.6 Å². The molecule has 0 spiro atoms. The Bertz CT molecular complexity index is 340. The molecule has 0 amide bonds. The van der Waals surface area contributed by atoms with E-state index in [1.54, 1.807) is 0 Å². The standard InChI is InChI=1S/C15H31NO2S/c1-4-6-13-7-8-15(16-3)14(12-13)9-11-19(17,18)10-5-2/h13-16H,4-12H2,1-3H3. The van der Waals surface area contributed by atoms with Crippen LogP contribution in [-0.4, -0.2) is 33.0 Å². The van der Waals surface area contributed by atoms with E-state index in [0.29, 0.717) is 23.5 Å². The van der Waals surface area contributed by atoms with E-state index >= 15 is 0 Å². The SMILES string of the molecule is CCCC1CCC(NC)C(CCS(=O)(=O)CCC)C1. The van der Waals surface area contributed by atoms with Crippen molar-refractivity contribution >= 4 is 9.84 Å². The molecule has 19 heavy (non-hydrogen) atoms. The lowest BCUT2D eigenvalue weighted by Gasteiger charge is -2.36. The van der Waals surface area contributed by atoms with Gasteiger partial charge < -0.3 is 5.32 Å². The molecule has 3 atom stereocenters. The predicted molar refractivity (Wildman–Crippen MR) is 82.1 cm³/mol. The molecule has 0 bridgehead atoms. The van der Waals surface area contributed by atoms with Crippen molar-refractivity contribution in [3.05, 3.63) is 0 Å². The van der Waals surface area contributed by atoms with Crippen molar-refractivity contribution in [1.29, 1.82) is 0 Å². The summed E-state index contributed by atoms with van der Waals surface area (Å²) in [5.74, 6) is 2.08. The minimum absolute atomic E-state index is 0.350. The monoisotopic (exact) mass is 289 g/mol. The van der Waals surface area contributed by atoms with Crippen LogP contribution in [0.4, 0.5) is 0 Å². The van der Waals surface area contributed by atoms with Gasteiger partial charge in [-0.2, -0.15) is 0 Å². The molecule has 1 aliphatic carbocycles. The summed E-state index contributed by atoms with van der Waals surface area (Å²) in [6.07, 6.45) is 7.84. The zero-order valence-electron chi connectivity index (χ0n) is 12.8. The Morgan fingerprint density at radius 1 is 1.05 bits per heavy atom. The molecule has 3 nitrogen and oxygen atoms in total. The number of hydrogen-bond donors (Lipinski definition) is 1. The average Bonchev–Trinajstić information content (AvgIpc) is 2.37. The van der Waals surface area contributed by atoms with Crippen LogP contribution in [0.3, 0.4) is 0 Å². The third-order valence-electron chi connectivity index (χ3n) is 4.47. The largest absolute Gasteiger partial charge is 0.317 e. The molecule has 0 heterocycles. The second kappa shape index (κ2) is 8.25. The first-order valence-electron chi connectivity index (χ1n) is 7.90. The van der Waals surface area contributed by atoms with Gasteiger partial charge in [0.25, 0.3) is 0 Å². The summed E-state index contributed by atoms with van der Waals surface area (Å²) >= 11 is 0. The Labute approximate surface area is 119 Å². The minimum atomic E-state index is -2.82. The zero-order chi connectivity index (χ0) is 14.3. The number of rotatable bonds is 8. The van der Waals surface area contributed by atoms with Crippen LogP contribution in [0.1, 0.15) is 58.8 Å². The molecule has 3 unspecified atom stereocenters. The first kappa shape index (κ1) is 17.0. The van der Waals surface area contributed by atoms with Gasteiger partial charge in [-0.15, -0.1) is 0 Å². The van der Waals surface area contributed by atoms with Gasteiger partial charge in [0.15, 0.2) is 0 Å². The van der Waals surface area contributed by atoms with Crippen molar-refractivity contribution in [2.45, 2.75) is 64.8 Å². The third kappa shape index (κ3) is 5.82. The summed E-state index contributed by atoms with van der Waals surface area (Å²) < 4.78 is 23.7. The van der Waals surface area contributed by atoms with Crippen LogP contribution < -0.4 is 5.32 Å². The van der Waals surface area contributed by atoms with Gasteiger partial charge in [0.05, 0.1) is 5.75 Å². The molecule has 0 aromatic heterocycles. The minimum Gasteiger partial charge on any atom is -0.317 e. The van der Waals surface area contributed by atoms with Gasteiger partial charge in [-0.1, -0.05) is 26.7 Å². The third-order valence-corrected chi connectivity index (χ3v) is 6.36. The predicted octanol–water partition coefficient (Wildman–Crippen LogP) is 3.01. The summed E-state index contributed by atoms with van der Waals surface area (Å²) in [5, 5.41) is 3.39. The van der Waals surface area contributed by atoms with Gasteiger partial charge in [-0.25, -0.2) is 8.42 Å². The fourth-order valence-corrected chi connectivity index (χ4v) is 4.96. The summed E-state index contributed by atoms with van der Waals surface area (Å²) in [6, 6.07) is 0.518. The summed E-state index contributed by atoms with van der Waals surface area (Å²) in [7, 11) is -0.808. The van der Waals surface area contributed by atoms with Crippen LogP contribution in [0.5, 0.6) is 0 Å². The molecule has 1 rings (SSSR count). The van der Waals surface area contributed by atoms with Crippen LogP contribution in [0.25, 0.3) is 0 Å². The van der Waals surface area contributed by atoms with Crippen molar-refractivity contribution in [3.8, 4) is 0 Å².